The Morgan fingerprint density at radius 3 is 2.40 bits per heavy atom. The molecular weight excluding hydrogens is 256 g/mol. The Morgan fingerprint density at radius 1 is 1.10 bits per heavy atom. The third-order valence-corrected chi connectivity index (χ3v) is 2.79. The van der Waals surface area contributed by atoms with Crippen molar-refractivity contribution < 1.29 is 14.6 Å². The average Bonchev–Trinajstić information content (AvgIpc) is 2.48. The fourth-order valence-electron chi connectivity index (χ4n) is 1.70. The summed E-state index contributed by atoms with van der Waals surface area (Å²) >= 11 is 0. The van der Waals surface area contributed by atoms with Crippen molar-refractivity contribution >= 4 is 17.5 Å². The number of ether oxygens (including phenoxy) is 1. The van der Waals surface area contributed by atoms with Gasteiger partial charge in [-0.1, -0.05) is 18.2 Å². The molecule has 0 bridgehead atoms. The first-order valence-corrected chi connectivity index (χ1v) is 6.15. The lowest BCUT2D eigenvalue weighted by atomic mass is 10.2. The topological polar surface area (TPSA) is 70.6 Å². The van der Waals surface area contributed by atoms with Gasteiger partial charge in [0.25, 0.3) is 0 Å². The van der Waals surface area contributed by atoms with Crippen molar-refractivity contribution in [1.82, 2.24) is 0 Å². The van der Waals surface area contributed by atoms with E-state index in [1.165, 1.54) is 7.11 Å². The van der Waals surface area contributed by atoms with Gasteiger partial charge in [0.05, 0.1) is 7.11 Å². The second kappa shape index (κ2) is 6.47. The van der Waals surface area contributed by atoms with Crippen LogP contribution in [0.15, 0.2) is 48.5 Å². The molecule has 0 heterocycles. The Hall–Kier alpha value is -2.69. The first kappa shape index (κ1) is 13.7. The summed E-state index contributed by atoms with van der Waals surface area (Å²) in [6, 6.07) is 14.4. The van der Waals surface area contributed by atoms with E-state index >= 15 is 0 Å². The van der Waals surface area contributed by atoms with Crippen LogP contribution in [-0.4, -0.2) is 18.3 Å². The molecule has 2 aromatic rings. The summed E-state index contributed by atoms with van der Waals surface area (Å²) in [5.74, 6) is 0.268. The van der Waals surface area contributed by atoms with E-state index in [1.54, 1.807) is 24.3 Å². The van der Waals surface area contributed by atoms with E-state index in [2.05, 4.69) is 15.4 Å². The number of methoxy groups -OCH3 is 1. The zero-order valence-corrected chi connectivity index (χ0v) is 11.1. The maximum Gasteiger partial charge on any atom is 0.411 e. The summed E-state index contributed by atoms with van der Waals surface area (Å²) in [7, 11) is 1.32. The van der Waals surface area contributed by atoms with Crippen molar-refractivity contribution in [3.8, 4) is 5.75 Å². The lowest BCUT2D eigenvalue weighted by Crippen LogP contribution is -2.10. The van der Waals surface area contributed by atoms with Gasteiger partial charge in [-0.05, 0) is 30.3 Å². The van der Waals surface area contributed by atoms with Crippen molar-refractivity contribution in [2.75, 3.05) is 17.7 Å². The Labute approximate surface area is 117 Å². The van der Waals surface area contributed by atoms with E-state index in [-0.39, 0.29) is 5.75 Å². The molecule has 0 unspecified atom stereocenters. The van der Waals surface area contributed by atoms with Crippen molar-refractivity contribution in [1.29, 1.82) is 0 Å². The number of rotatable bonds is 4. The Bertz CT molecular complexity index is 582. The van der Waals surface area contributed by atoms with Gasteiger partial charge in [-0.25, -0.2) is 4.79 Å². The van der Waals surface area contributed by atoms with E-state index in [4.69, 9.17) is 0 Å². The van der Waals surface area contributed by atoms with Crippen LogP contribution in [0.5, 0.6) is 5.75 Å². The van der Waals surface area contributed by atoms with Crippen LogP contribution in [0, 0.1) is 0 Å². The molecule has 5 nitrogen and oxygen atoms in total. The van der Waals surface area contributed by atoms with Crippen LogP contribution in [0.25, 0.3) is 0 Å². The lowest BCUT2D eigenvalue weighted by Gasteiger charge is -2.09. The number of anilines is 2. The second-order valence-electron chi connectivity index (χ2n) is 4.18. The summed E-state index contributed by atoms with van der Waals surface area (Å²) in [4.78, 5) is 11.0. The lowest BCUT2D eigenvalue weighted by molar-refractivity contribution is 0.187. The molecule has 0 saturated heterocycles. The molecular formula is C15H16N2O3. The monoisotopic (exact) mass is 272 g/mol. The number of benzene rings is 2. The molecule has 1 amide bonds. The molecule has 0 atom stereocenters. The predicted molar refractivity (Wildman–Crippen MR) is 77.9 cm³/mol. The smallest absolute Gasteiger partial charge is 0.411 e. The molecule has 104 valence electrons. The van der Waals surface area contributed by atoms with Crippen LogP contribution in [0.4, 0.5) is 16.2 Å². The van der Waals surface area contributed by atoms with Crippen molar-refractivity contribution in [2.45, 2.75) is 6.54 Å². The number of nitrogens with one attached hydrogen (secondary N) is 2. The van der Waals surface area contributed by atoms with E-state index in [0.717, 1.165) is 11.3 Å². The highest BCUT2D eigenvalue weighted by Gasteiger charge is 2.01. The molecule has 0 radical (unpaired) electrons. The third-order valence-electron chi connectivity index (χ3n) is 2.79. The average molecular weight is 272 g/mol. The number of phenolic OH excluding ortho intramolecular Hbond substituents is 1. The molecule has 0 aromatic heterocycles. The Balaban J connectivity index is 1.94. The molecule has 5 heteroatoms. The SMILES string of the molecule is COC(=O)Nc1ccc(NCc2ccccc2O)cc1. The van der Waals surface area contributed by atoms with E-state index in [1.807, 2.05) is 24.3 Å². The minimum Gasteiger partial charge on any atom is -0.508 e. The molecule has 2 rings (SSSR count). The molecule has 20 heavy (non-hydrogen) atoms. The highest BCUT2D eigenvalue weighted by Crippen LogP contribution is 2.19. The number of carbonyl (C=O) groups is 1. The van der Waals surface area contributed by atoms with Crippen LogP contribution in [-0.2, 0) is 11.3 Å². The maximum atomic E-state index is 11.0. The molecule has 0 aliphatic rings. The van der Waals surface area contributed by atoms with Gasteiger partial charge in [-0.15, -0.1) is 0 Å². The molecule has 0 spiro atoms. The first-order chi connectivity index (χ1) is 9.69. The number of carbonyl (C=O) groups excluding carboxylic acids is 1. The van der Waals surface area contributed by atoms with Gasteiger partial charge >= 0.3 is 6.09 Å². The molecule has 2 aromatic carbocycles. The third kappa shape index (κ3) is 3.65. The Kier molecular flexibility index (Phi) is 4.44. The van der Waals surface area contributed by atoms with Gasteiger partial charge < -0.3 is 15.2 Å². The number of hydrogen-bond donors (Lipinski definition) is 3. The molecule has 0 fully saturated rings. The number of hydrogen-bond acceptors (Lipinski definition) is 4. The van der Waals surface area contributed by atoms with Gasteiger partial charge in [0, 0.05) is 23.5 Å². The summed E-state index contributed by atoms with van der Waals surface area (Å²) in [6.45, 7) is 0.524. The first-order valence-electron chi connectivity index (χ1n) is 6.15. The van der Waals surface area contributed by atoms with Gasteiger partial charge in [-0.2, -0.15) is 0 Å². The minimum absolute atomic E-state index is 0.268. The van der Waals surface area contributed by atoms with Crippen LogP contribution in [0.1, 0.15) is 5.56 Å². The zero-order chi connectivity index (χ0) is 14.4. The van der Waals surface area contributed by atoms with Crippen LogP contribution in [0.3, 0.4) is 0 Å². The predicted octanol–water partition coefficient (Wildman–Crippen LogP) is 3.18. The number of phenols is 1. The summed E-state index contributed by atoms with van der Waals surface area (Å²) in [5.41, 5.74) is 2.37. The normalized spacial score (nSPS) is 9.85. The van der Waals surface area contributed by atoms with Crippen LogP contribution >= 0.6 is 0 Å². The van der Waals surface area contributed by atoms with Gasteiger partial charge in [0.1, 0.15) is 5.75 Å². The molecule has 0 saturated carbocycles. The van der Waals surface area contributed by atoms with Crippen molar-refractivity contribution in [2.24, 2.45) is 0 Å². The largest absolute Gasteiger partial charge is 0.508 e. The minimum atomic E-state index is -0.500. The molecule has 0 aliphatic heterocycles. The Morgan fingerprint density at radius 2 is 1.75 bits per heavy atom. The van der Waals surface area contributed by atoms with E-state index in [9.17, 15) is 9.90 Å². The van der Waals surface area contributed by atoms with Crippen LogP contribution < -0.4 is 10.6 Å². The summed E-state index contributed by atoms with van der Waals surface area (Å²) in [5, 5.41) is 15.4. The zero-order valence-electron chi connectivity index (χ0n) is 11.1. The summed E-state index contributed by atoms with van der Waals surface area (Å²) < 4.78 is 4.51. The van der Waals surface area contributed by atoms with Crippen molar-refractivity contribution in [3.05, 3.63) is 54.1 Å². The standard InChI is InChI=1S/C15H16N2O3/c1-20-15(19)17-13-8-6-12(7-9-13)16-10-11-4-2-3-5-14(11)18/h2-9,16,18H,10H2,1H3,(H,17,19). The van der Waals surface area contributed by atoms with Gasteiger partial charge in [0.2, 0.25) is 0 Å². The van der Waals surface area contributed by atoms with Crippen LogP contribution in [0.2, 0.25) is 0 Å². The van der Waals surface area contributed by atoms with E-state index < -0.39 is 6.09 Å². The maximum absolute atomic E-state index is 11.0. The summed E-state index contributed by atoms with van der Waals surface area (Å²) in [6.07, 6.45) is -0.500. The van der Waals surface area contributed by atoms with Crippen molar-refractivity contribution in [3.63, 3.8) is 0 Å². The van der Waals surface area contributed by atoms with Gasteiger partial charge in [-0.3, -0.25) is 5.32 Å². The second-order valence-corrected chi connectivity index (χ2v) is 4.18. The fourth-order valence-corrected chi connectivity index (χ4v) is 1.70. The van der Waals surface area contributed by atoms with E-state index in [0.29, 0.717) is 12.2 Å². The van der Waals surface area contributed by atoms with Gasteiger partial charge in [0.15, 0.2) is 0 Å². The number of aromatic hydroxyl groups is 1. The fraction of sp³-hybridized carbons (Fsp3) is 0.133. The molecule has 0 aliphatic carbocycles. The number of amides is 1. The highest BCUT2D eigenvalue weighted by molar-refractivity contribution is 5.84. The molecule has 3 N–H and O–H groups in total. The number of para-hydroxylation sites is 1. The highest BCUT2D eigenvalue weighted by atomic mass is 16.5. The quantitative estimate of drug-likeness (QED) is 0.799.